The largest absolute Gasteiger partial charge is 0.382 e. The summed E-state index contributed by atoms with van der Waals surface area (Å²) in [5, 5.41) is 2.48. The zero-order valence-corrected chi connectivity index (χ0v) is 10.4. The van der Waals surface area contributed by atoms with Gasteiger partial charge in [-0.15, -0.1) is 0 Å². The molecule has 0 aliphatic carbocycles. The van der Waals surface area contributed by atoms with Crippen LogP contribution in [0.4, 0.5) is 0 Å². The van der Waals surface area contributed by atoms with E-state index in [2.05, 4.69) is 5.32 Å². The molecule has 0 unspecified atom stereocenters. The number of hydrogen-bond acceptors (Lipinski definition) is 4. The first kappa shape index (κ1) is 13.5. The summed E-state index contributed by atoms with van der Waals surface area (Å²) in [4.78, 5) is 10.9. The van der Waals surface area contributed by atoms with Gasteiger partial charge < -0.3 is 9.50 Å². The summed E-state index contributed by atoms with van der Waals surface area (Å²) < 4.78 is 27.8. The SMILES string of the molecule is CCC(=O)NCCS(=O)(=O)Oc1ccccc1. The Morgan fingerprint density at radius 1 is 1.29 bits per heavy atom. The van der Waals surface area contributed by atoms with E-state index in [0.717, 1.165) is 0 Å². The third kappa shape index (κ3) is 5.35. The molecule has 0 saturated carbocycles. The summed E-state index contributed by atoms with van der Waals surface area (Å²) in [6.45, 7) is 1.76. The maximum absolute atomic E-state index is 11.5. The number of carbonyl (C=O) groups is 1. The van der Waals surface area contributed by atoms with Gasteiger partial charge in [-0.3, -0.25) is 4.79 Å². The molecular formula is C11H15NO4S. The smallest absolute Gasteiger partial charge is 0.310 e. The van der Waals surface area contributed by atoms with Gasteiger partial charge in [0.25, 0.3) is 0 Å². The predicted octanol–water partition coefficient (Wildman–Crippen LogP) is 0.921. The summed E-state index contributed by atoms with van der Waals surface area (Å²) in [5.74, 6) is -0.151. The molecule has 0 fully saturated rings. The van der Waals surface area contributed by atoms with Gasteiger partial charge >= 0.3 is 10.1 Å². The summed E-state index contributed by atoms with van der Waals surface area (Å²) in [7, 11) is -3.65. The lowest BCUT2D eigenvalue weighted by atomic mass is 10.3. The topological polar surface area (TPSA) is 72.5 Å². The van der Waals surface area contributed by atoms with Gasteiger partial charge in [-0.2, -0.15) is 8.42 Å². The third-order valence-electron chi connectivity index (χ3n) is 1.96. The quantitative estimate of drug-likeness (QED) is 0.769. The lowest BCUT2D eigenvalue weighted by Crippen LogP contribution is -2.29. The highest BCUT2D eigenvalue weighted by atomic mass is 32.2. The molecule has 5 nitrogen and oxygen atoms in total. The molecular weight excluding hydrogens is 242 g/mol. The fraction of sp³-hybridized carbons (Fsp3) is 0.364. The van der Waals surface area contributed by atoms with Crippen LogP contribution in [0.1, 0.15) is 13.3 Å². The predicted molar refractivity (Wildman–Crippen MR) is 64.2 cm³/mol. The van der Waals surface area contributed by atoms with E-state index >= 15 is 0 Å². The van der Waals surface area contributed by atoms with Gasteiger partial charge in [0.15, 0.2) is 0 Å². The minimum Gasteiger partial charge on any atom is -0.382 e. The van der Waals surface area contributed by atoms with Crippen LogP contribution in [0, 0.1) is 0 Å². The van der Waals surface area contributed by atoms with Crippen LogP contribution in [0.25, 0.3) is 0 Å². The van der Waals surface area contributed by atoms with E-state index in [1.807, 2.05) is 0 Å². The number of amides is 1. The monoisotopic (exact) mass is 257 g/mol. The Morgan fingerprint density at radius 3 is 2.53 bits per heavy atom. The Kier molecular flexibility index (Phi) is 4.96. The lowest BCUT2D eigenvalue weighted by Gasteiger charge is -2.07. The molecule has 1 aromatic rings. The van der Waals surface area contributed by atoms with Gasteiger partial charge in [-0.05, 0) is 12.1 Å². The lowest BCUT2D eigenvalue weighted by molar-refractivity contribution is -0.120. The van der Waals surface area contributed by atoms with E-state index in [9.17, 15) is 13.2 Å². The van der Waals surface area contributed by atoms with E-state index in [4.69, 9.17) is 4.18 Å². The van der Waals surface area contributed by atoms with Crippen molar-refractivity contribution in [3.8, 4) is 5.75 Å². The van der Waals surface area contributed by atoms with Gasteiger partial charge in [0, 0.05) is 13.0 Å². The first-order valence-corrected chi connectivity index (χ1v) is 6.85. The number of nitrogens with one attached hydrogen (secondary N) is 1. The molecule has 1 N–H and O–H groups in total. The van der Waals surface area contributed by atoms with Gasteiger partial charge in [0.2, 0.25) is 5.91 Å². The van der Waals surface area contributed by atoms with Crippen LogP contribution in [0.2, 0.25) is 0 Å². The van der Waals surface area contributed by atoms with E-state index < -0.39 is 10.1 Å². The van der Waals surface area contributed by atoms with Crippen LogP contribution in [0.3, 0.4) is 0 Å². The molecule has 0 radical (unpaired) electrons. The van der Waals surface area contributed by atoms with Crippen LogP contribution in [-0.2, 0) is 14.9 Å². The Labute approximate surface area is 101 Å². The second-order valence-corrected chi connectivity index (χ2v) is 5.05. The second kappa shape index (κ2) is 6.24. The van der Waals surface area contributed by atoms with Crippen molar-refractivity contribution in [1.29, 1.82) is 0 Å². The molecule has 0 heterocycles. The highest BCUT2D eigenvalue weighted by Crippen LogP contribution is 2.11. The highest BCUT2D eigenvalue weighted by molar-refractivity contribution is 7.87. The second-order valence-electron chi connectivity index (χ2n) is 3.36. The zero-order valence-electron chi connectivity index (χ0n) is 9.55. The van der Waals surface area contributed by atoms with Crippen molar-refractivity contribution in [3.63, 3.8) is 0 Å². The zero-order chi connectivity index (χ0) is 12.7. The van der Waals surface area contributed by atoms with Crippen molar-refractivity contribution in [2.45, 2.75) is 13.3 Å². The van der Waals surface area contributed by atoms with E-state index in [1.54, 1.807) is 37.3 Å². The number of hydrogen-bond donors (Lipinski definition) is 1. The molecule has 0 bridgehead atoms. The van der Waals surface area contributed by atoms with Crippen molar-refractivity contribution >= 4 is 16.0 Å². The highest BCUT2D eigenvalue weighted by Gasteiger charge is 2.12. The number of carbonyl (C=O) groups excluding carboxylic acids is 1. The maximum atomic E-state index is 11.5. The molecule has 1 amide bonds. The van der Waals surface area contributed by atoms with Crippen LogP contribution in [0.5, 0.6) is 5.75 Å². The molecule has 0 saturated heterocycles. The fourth-order valence-corrected chi connectivity index (χ4v) is 1.94. The molecule has 0 aliphatic rings. The van der Waals surface area contributed by atoms with Crippen LogP contribution in [-0.4, -0.2) is 26.6 Å². The molecule has 1 aromatic carbocycles. The molecule has 0 aromatic heterocycles. The maximum Gasteiger partial charge on any atom is 0.310 e. The van der Waals surface area contributed by atoms with Gasteiger partial charge in [-0.25, -0.2) is 0 Å². The summed E-state index contributed by atoms with van der Waals surface area (Å²) in [5.41, 5.74) is 0. The average molecular weight is 257 g/mol. The van der Waals surface area contributed by atoms with E-state index in [0.29, 0.717) is 6.42 Å². The first-order chi connectivity index (χ1) is 8.03. The van der Waals surface area contributed by atoms with E-state index in [1.165, 1.54) is 0 Å². The Hall–Kier alpha value is -1.56. The standard InChI is InChI=1S/C11H15NO4S/c1-2-11(13)12-8-9-17(14,15)16-10-6-4-3-5-7-10/h3-7H,2,8-9H2,1H3,(H,12,13). The van der Waals surface area contributed by atoms with E-state index in [-0.39, 0.29) is 24.0 Å². The summed E-state index contributed by atoms with van der Waals surface area (Å²) in [6, 6.07) is 8.25. The minimum absolute atomic E-state index is 0.0574. The van der Waals surface area contributed by atoms with Gasteiger partial charge in [-0.1, -0.05) is 25.1 Å². The Balaban J connectivity index is 2.44. The molecule has 0 atom stereocenters. The summed E-state index contributed by atoms with van der Waals surface area (Å²) >= 11 is 0. The molecule has 94 valence electrons. The number of rotatable bonds is 6. The minimum atomic E-state index is -3.65. The normalized spacial score (nSPS) is 10.9. The Bertz CT molecular complexity index is 456. The molecule has 0 spiro atoms. The van der Waals surface area contributed by atoms with Gasteiger partial charge in [0.1, 0.15) is 11.5 Å². The van der Waals surface area contributed by atoms with Crippen molar-refractivity contribution in [2.24, 2.45) is 0 Å². The van der Waals surface area contributed by atoms with Crippen molar-refractivity contribution < 1.29 is 17.4 Å². The van der Waals surface area contributed by atoms with Crippen molar-refractivity contribution in [3.05, 3.63) is 30.3 Å². The number of para-hydroxylation sites is 1. The summed E-state index contributed by atoms with van der Waals surface area (Å²) in [6.07, 6.45) is 0.333. The van der Waals surface area contributed by atoms with Crippen molar-refractivity contribution in [2.75, 3.05) is 12.3 Å². The Morgan fingerprint density at radius 2 is 1.94 bits per heavy atom. The average Bonchev–Trinajstić information content (AvgIpc) is 2.29. The molecule has 1 rings (SSSR count). The van der Waals surface area contributed by atoms with Crippen LogP contribution < -0.4 is 9.50 Å². The van der Waals surface area contributed by atoms with Gasteiger partial charge in [0.05, 0.1) is 0 Å². The third-order valence-corrected chi connectivity index (χ3v) is 3.11. The van der Waals surface area contributed by atoms with Crippen LogP contribution >= 0.6 is 0 Å². The first-order valence-electron chi connectivity index (χ1n) is 5.27. The molecule has 6 heteroatoms. The number of benzene rings is 1. The van der Waals surface area contributed by atoms with Crippen LogP contribution in [0.15, 0.2) is 30.3 Å². The van der Waals surface area contributed by atoms with Crippen molar-refractivity contribution in [1.82, 2.24) is 5.32 Å². The fourth-order valence-electron chi connectivity index (χ4n) is 1.10. The molecule has 0 aliphatic heterocycles. The molecule has 17 heavy (non-hydrogen) atoms.